The van der Waals surface area contributed by atoms with Crippen molar-refractivity contribution in [1.82, 2.24) is 21.3 Å². The average Bonchev–Trinajstić information content (AvgIpc) is 2.44. The van der Waals surface area contributed by atoms with Gasteiger partial charge in [-0.05, 0) is 25.7 Å². The highest BCUT2D eigenvalue weighted by molar-refractivity contribution is 5.92. The van der Waals surface area contributed by atoms with Gasteiger partial charge in [-0.25, -0.2) is 30.9 Å². The van der Waals surface area contributed by atoms with Gasteiger partial charge in [0.1, 0.15) is 0 Å². The summed E-state index contributed by atoms with van der Waals surface area (Å²) in [7, 11) is 0. The molecule has 4 amide bonds. The predicted octanol–water partition coefficient (Wildman–Crippen LogP) is 1.17. The van der Waals surface area contributed by atoms with Gasteiger partial charge in [0, 0.05) is 6.21 Å². The Bertz CT molecular complexity index is 428. The van der Waals surface area contributed by atoms with Gasteiger partial charge in [-0.15, -0.1) is 0 Å². The highest BCUT2D eigenvalue weighted by Crippen LogP contribution is 2.21. The number of hydrazine groups is 1. The second-order valence-electron chi connectivity index (χ2n) is 5.08. The largest absolute Gasteiger partial charge is 0.356 e. The van der Waals surface area contributed by atoms with Crippen molar-refractivity contribution < 1.29 is 9.59 Å². The first kappa shape index (κ1) is 14.3. The zero-order valence-corrected chi connectivity index (χ0v) is 11.6. The maximum Gasteiger partial charge on any atom is 0.356 e. The number of amides is 4. The molecule has 8 heteroatoms. The number of nitrogens with one attached hydrogen (secondary N) is 3. The van der Waals surface area contributed by atoms with Crippen molar-refractivity contribution in [3.05, 3.63) is 0 Å². The Morgan fingerprint density at radius 1 is 1.45 bits per heavy atom. The van der Waals surface area contributed by atoms with Gasteiger partial charge in [-0.3, -0.25) is 0 Å². The summed E-state index contributed by atoms with van der Waals surface area (Å²) in [5.74, 6) is 0.441. The monoisotopic (exact) mass is 280 g/mol. The summed E-state index contributed by atoms with van der Waals surface area (Å²) in [4.78, 5) is 23.0. The molecule has 1 aliphatic carbocycles. The normalized spacial score (nSPS) is 20.6. The zero-order valence-electron chi connectivity index (χ0n) is 11.6. The molecule has 0 unspecified atom stereocenters. The van der Waals surface area contributed by atoms with E-state index in [1.807, 2.05) is 0 Å². The van der Waals surface area contributed by atoms with E-state index in [2.05, 4.69) is 26.5 Å². The number of rotatable bonds is 3. The van der Waals surface area contributed by atoms with E-state index in [1.54, 1.807) is 13.1 Å². The minimum absolute atomic E-state index is 0.256. The van der Waals surface area contributed by atoms with Crippen molar-refractivity contribution in [3.8, 4) is 0 Å². The molecule has 20 heavy (non-hydrogen) atoms. The van der Waals surface area contributed by atoms with Crippen molar-refractivity contribution in [3.63, 3.8) is 0 Å². The van der Waals surface area contributed by atoms with Crippen LogP contribution in [0.5, 0.6) is 0 Å². The molecule has 1 fully saturated rings. The minimum atomic E-state index is -0.540. The van der Waals surface area contributed by atoms with Crippen molar-refractivity contribution in [2.45, 2.75) is 39.0 Å². The van der Waals surface area contributed by atoms with Gasteiger partial charge < -0.3 is 0 Å². The van der Waals surface area contributed by atoms with Crippen molar-refractivity contribution in [2.75, 3.05) is 6.54 Å². The van der Waals surface area contributed by atoms with E-state index in [4.69, 9.17) is 0 Å². The molecule has 0 radical (unpaired) electrons. The molecule has 1 saturated carbocycles. The van der Waals surface area contributed by atoms with Crippen LogP contribution in [0.3, 0.4) is 0 Å². The van der Waals surface area contributed by atoms with Crippen LogP contribution < -0.4 is 16.3 Å². The first-order valence-corrected chi connectivity index (χ1v) is 6.85. The third kappa shape index (κ3) is 4.22. The molecule has 0 aromatic heterocycles. The maximum atomic E-state index is 11.6. The van der Waals surface area contributed by atoms with Crippen LogP contribution in [0.25, 0.3) is 0 Å². The summed E-state index contributed by atoms with van der Waals surface area (Å²) in [5.41, 5.74) is 7.78. The molecule has 1 heterocycles. The van der Waals surface area contributed by atoms with E-state index in [-0.39, 0.29) is 6.54 Å². The predicted molar refractivity (Wildman–Crippen MR) is 75.1 cm³/mol. The van der Waals surface area contributed by atoms with Crippen LogP contribution in [-0.4, -0.2) is 35.5 Å². The minimum Gasteiger partial charge on any atom is -0.245 e. The Balaban J connectivity index is 1.73. The van der Waals surface area contributed by atoms with Crippen molar-refractivity contribution in [2.24, 2.45) is 16.1 Å². The van der Waals surface area contributed by atoms with Gasteiger partial charge in [-0.2, -0.15) is 10.2 Å². The van der Waals surface area contributed by atoms with Gasteiger partial charge in [0.25, 0.3) is 0 Å². The summed E-state index contributed by atoms with van der Waals surface area (Å²) in [6, 6.07) is -1.01. The van der Waals surface area contributed by atoms with Gasteiger partial charge in [0.15, 0.2) is 0 Å². The van der Waals surface area contributed by atoms with Gasteiger partial charge >= 0.3 is 12.1 Å². The quantitative estimate of drug-likeness (QED) is 0.534. The van der Waals surface area contributed by atoms with E-state index in [9.17, 15) is 9.59 Å². The number of hydrazone groups is 2. The van der Waals surface area contributed by atoms with Crippen LogP contribution in [-0.2, 0) is 0 Å². The molecule has 8 nitrogen and oxygen atoms in total. The number of hydrogen-bond acceptors (Lipinski definition) is 4. The van der Waals surface area contributed by atoms with E-state index in [0.717, 1.165) is 17.9 Å². The average molecular weight is 280 g/mol. The third-order valence-electron chi connectivity index (χ3n) is 3.31. The van der Waals surface area contributed by atoms with Crippen LogP contribution in [0.15, 0.2) is 10.2 Å². The molecule has 1 aliphatic heterocycles. The number of nitrogens with zero attached hydrogens (tertiary/aromatic N) is 3. The van der Waals surface area contributed by atoms with E-state index >= 15 is 0 Å². The Morgan fingerprint density at radius 2 is 2.20 bits per heavy atom. The lowest BCUT2D eigenvalue weighted by atomic mass is 9.90. The lowest BCUT2D eigenvalue weighted by Crippen LogP contribution is -2.56. The smallest absolute Gasteiger partial charge is 0.245 e. The highest BCUT2D eigenvalue weighted by Gasteiger charge is 2.20. The Labute approximate surface area is 117 Å². The number of carbonyl (C=O) groups is 2. The Kier molecular flexibility index (Phi) is 4.91. The Morgan fingerprint density at radius 3 is 2.95 bits per heavy atom. The fourth-order valence-electron chi connectivity index (χ4n) is 2.26. The highest BCUT2D eigenvalue weighted by atomic mass is 16.2. The maximum absolute atomic E-state index is 11.6. The second-order valence-corrected chi connectivity index (χ2v) is 5.08. The first-order chi connectivity index (χ1) is 9.65. The topological polar surface area (TPSA) is 98.2 Å². The van der Waals surface area contributed by atoms with Crippen molar-refractivity contribution >= 4 is 24.0 Å². The van der Waals surface area contributed by atoms with E-state index in [0.29, 0.717) is 11.6 Å². The number of urea groups is 2. The SMILES string of the molecule is CC1=NNC(=O)N(NC(=O)N/N=C/C2CCCCC2)C1. The molecule has 0 aromatic rings. The van der Waals surface area contributed by atoms with Crippen molar-refractivity contribution in [1.29, 1.82) is 0 Å². The zero-order chi connectivity index (χ0) is 14.4. The van der Waals surface area contributed by atoms with E-state index < -0.39 is 12.1 Å². The molecule has 110 valence electrons. The summed E-state index contributed by atoms with van der Waals surface area (Å²) < 4.78 is 0. The van der Waals surface area contributed by atoms with E-state index in [1.165, 1.54) is 19.3 Å². The summed E-state index contributed by atoms with van der Waals surface area (Å²) >= 11 is 0. The summed E-state index contributed by atoms with van der Waals surface area (Å²) in [5, 5.41) is 8.84. The molecule has 0 atom stereocenters. The van der Waals surface area contributed by atoms with Crippen LogP contribution in [0.2, 0.25) is 0 Å². The summed E-state index contributed by atoms with van der Waals surface area (Å²) in [6.45, 7) is 2.01. The van der Waals surface area contributed by atoms with Gasteiger partial charge in [-0.1, -0.05) is 19.3 Å². The molecule has 0 aromatic carbocycles. The lowest BCUT2D eigenvalue weighted by Gasteiger charge is -2.25. The molecule has 0 saturated heterocycles. The van der Waals surface area contributed by atoms with Gasteiger partial charge in [0.2, 0.25) is 0 Å². The Hall–Kier alpha value is -2.12. The van der Waals surface area contributed by atoms with Crippen LogP contribution in [0.4, 0.5) is 9.59 Å². The van der Waals surface area contributed by atoms with Crippen LogP contribution >= 0.6 is 0 Å². The lowest BCUT2D eigenvalue weighted by molar-refractivity contribution is 0.173. The number of carbonyl (C=O) groups excluding carboxylic acids is 2. The molecular weight excluding hydrogens is 260 g/mol. The molecular formula is C12H20N6O2. The fraction of sp³-hybridized carbons (Fsp3) is 0.667. The molecule has 2 aliphatic rings. The standard InChI is InChI=1S/C12H20N6O2/c1-9-8-18(12(20)16-14-9)17-11(19)15-13-7-10-5-3-2-4-6-10/h7,10H,2-6,8H2,1H3,(H,16,20)(H2,15,17,19)/b13-7+. The van der Waals surface area contributed by atoms with Gasteiger partial charge in [0.05, 0.1) is 12.3 Å². The van der Waals surface area contributed by atoms with Crippen LogP contribution in [0.1, 0.15) is 39.0 Å². The third-order valence-corrected chi connectivity index (χ3v) is 3.31. The first-order valence-electron chi connectivity index (χ1n) is 6.85. The fourth-order valence-corrected chi connectivity index (χ4v) is 2.26. The second kappa shape index (κ2) is 6.88. The molecule has 0 bridgehead atoms. The molecule has 2 rings (SSSR count). The number of hydrogen-bond donors (Lipinski definition) is 3. The molecule has 0 spiro atoms. The van der Waals surface area contributed by atoms with Crippen LogP contribution in [0, 0.1) is 5.92 Å². The molecule has 3 N–H and O–H groups in total. The summed E-state index contributed by atoms with van der Waals surface area (Å²) in [6.07, 6.45) is 7.74.